The third-order valence-electron chi connectivity index (χ3n) is 8.83. The van der Waals surface area contributed by atoms with Crippen LogP contribution in [0.4, 0.5) is 27.7 Å². The number of aromatic carboxylic acids is 1. The van der Waals surface area contributed by atoms with Crippen LogP contribution in [0.5, 0.6) is 23.0 Å². The molecule has 12 heteroatoms. The molecule has 0 aliphatic carbocycles. The van der Waals surface area contributed by atoms with Crippen molar-refractivity contribution in [3.8, 4) is 23.0 Å². The van der Waals surface area contributed by atoms with E-state index in [1.54, 1.807) is 55.9 Å². The summed E-state index contributed by atoms with van der Waals surface area (Å²) in [7, 11) is 0.157. The highest BCUT2D eigenvalue weighted by atomic mass is 31.2. The number of amides is 2. The molecule has 0 atom stereocenters. The molecule has 0 radical (unpaired) electrons. The normalized spacial score (nSPS) is 11.5. The number of urea groups is 1. The molecule has 52 heavy (non-hydrogen) atoms. The number of unbranched alkanes of at least 4 members (excludes halogenated alkanes) is 1. The van der Waals surface area contributed by atoms with Crippen LogP contribution in [0.25, 0.3) is 10.8 Å². The number of carboxylic acids is 1. The van der Waals surface area contributed by atoms with Crippen LogP contribution in [0.1, 0.15) is 56.0 Å². The Morgan fingerprint density at radius 2 is 1.60 bits per heavy atom. The zero-order chi connectivity index (χ0) is 37.6. The van der Waals surface area contributed by atoms with Gasteiger partial charge in [0.05, 0.1) is 30.9 Å². The topological polar surface area (TPSA) is 148 Å². The minimum Gasteiger partial charge on any atom is -0.496 e. The van der Waals surface area contributed by atoms with E-state index in [1.807, 2.05) is 36.4 Å². The van der Waals surface area contributed by atoms with Gasteiger partial charge >= 0.3 is 12.0 Å². The van der Waals surface area contributed by atoms with E-state index in [4.69, 9.17) is 14.2 Å². The van der Waals surface area contributed by atoms with Gasteiger partial charge in [-0.25, -0.2) is 14.6 Å². The first kappa shape index (κ1) is 37.7. The first-order valence-electron chi connectivity index (χ1n) is 16.9. The number of hydrogen-bond donors (Lipinski definition) is 4. The van der Waals surface area contributed by atoms with Gasteiger partial charge in [0.2, 0.25) is 0 Å². The number of carbonyl (C=O) groups excluding carboxylic acids is 1. The summed E-state index contributed by atoms with van der Waals surface area (Å²) in [4.78, 5) is 29.5. The SMILES string of the molecule is CCCCC(C)(C)c1cc(NC(=O)Nc2ccc(Oc3ccnc(Nc4ccc(C(=O)O)c(OC)c4)c3)c3ccccc23)c(OC)c(P(C)(C)=O)c1. The number of carbonyl (C=O) groups is 2. The first-order chi connectivity index (χ1) is 24.7. The lowest BCUT2D eigenvalue weighted by Gasteiger charge is -2.28. The van der Waals surface area contributed by atoms with Gasteiger partial charge in [-0.2, -0.15) is 0 Å². The molecule has 0 fully saturated rings. The van der Waals surface area contributed by atoms with Crippen molar-refractivity contribution in [3.05, 3.63) is 96.2 Å². The van der Waals surface area contributed by atoms with Crippen LogP contribution in [0.15, 0.2) is 85.1 Å². The fourth-order valence-electron chi connectivity index (χ4n) is 5.98. The Bertz CT molecular complexity index is 2160. The van der Waals surface area contributed by atoms with Crippen LogP contribution >= 0.6 is 7.14 Å². The van der Waals surface area contributed by atoms with Gasteiger partial charge in [0.25, 0.3) is 0 Å². The summed E-state index contributed by atoms with van der Waals surface area (Å²) in [5.41, 5.74) is 2.42. The van der Waals surface area contributed by atoms with E-state index in [9.17, 15) is 19.3 Å². The number of nitrogens with zero attached hydrogens (tertiary/aromatic N) is 1. The van der Waals surface area contributed by atoms with Crippen molar-refractivity contribution in [2.24, 2.45) is 0 Å². The van der Waals surface area contributed by atoms with Crippen molar-refractivity contribution in [3.63, 3.8) is 0 Å². The third-order valence-corrected chi connectivity index (χ3v) is 10.3. The predicted octanol–water partition coefficient (Wildman–Crippen LogP) is 9.85. The van der Waals surface area contributed by atoms with Crippen molar-refractivity contribution >= 4 is 58.1 Å². The lowest BCUT2D eigenvalue weighted by molar-refractivity contribution is 0.0693. The summed E-state index contributed by atoms with van der Waals surface area (Å²) in [6.45, 7) is 9.88. The molecule has 4 N–H and O–H groups in total. The molecule has 2 amide bonds. The Labute approximate surface area is 304 Å². The Kier molecular flexibility index (Phi) is 11.4. The molecule has 5 rings (SSSR count). The minimum absolute atomic E-state index is 0.0507. The molecule has 0 bridgehead atoms. The number of nitrogens with one attached hydrogen (secondary N) is 3. The number of rotatable bonds is 14. The molecule has 4 aromatic carbocycles. The quantitative estimate of drug-likeness (QED) is 0.0822. The maximum Gasteiger partial charge on any atom is 0.339 e. The minimum atomic E-state index is -2.77. The molecule has 272 valence electrons. The highest BCUT2D eigenvalue weighted by molar-refractivity contribution is 7.70. The van der Waals surface area contributed by atoms with E-state index >= 15 is 0 Å². The second kappa shape index (κ2) is 15.8. The van der Waals surface area contributed by atoms with Crippen LogP contribution in [0.3, 0.4) is 0 Å². The number of ether oxygens (including phenoxy) is 3. The van der Waals surface area contributed by atoms with Crippen LogP contribution in [0.2, 0.25) is 0 Å². The Hall–Kier alpha value is -5.54. The molecule has 5 aromatic rings. The van der Waals surface area contributed by atoms with E-state index in [0.717, 1.165) is 35.6 Å². The first-order valence-corrected chi connectivity index (χ1v) is 19.5. The number of anilines is 4. The monoisotopic (exact) mass is 724 g/mol. The summed E-state index contributed by atoms with van der Waals surface area (Å²) in [6.07, 6.45) is 4.63. The molecule has 0 aliphatic rings. The second-order valence-corrected chi connectivity index (χ2v) is 16.7. The van der Waals surface area contributed by atoms with Gasteiger partial charge in [-0.05, 0) is 73.2 Å². The number of carboxylic acid groups (broad SMARTS) is 1. The second-order valence-electron chi connectivity index (χ2n) is 13.5. The molecule has 0 aliphatic heterocycles. The van der Waals surface area contributed by atoms with E-state index < -0.39 is 19.1 Å². The molecular weight excluding hydrogens is 679 g/mol. The smallest absolute Gasteiger partial charge is 0.339 e. The van der Waals surface area contributed by atoms with Crippen molar-refractivity contribution < 1.29 is 33.5 Å². The molecule has 0 saturated heterocycles. The molecule has 1 aromatic heterocycles. The summed E-state index contributed by atoms with van der Waals surface area (Å²) < 4.78 is 30.7. The number of aromatic nitrogens is 1. The predicted molar refractivity (Wildman–Crippen MR) is 209 cm³/mol. The van der Waals surface area contributed by atoms with Crippen LogP contribution in [-0.2, 0) is 9.98 Å². The zero-order valence-electron chi connectivity index (χ0n) is 30.5. The average molecular weight is 725 g/mol. The van der Waals surface area contributed by atoms with Gasteiger partial charge in [0.1, 0.15) is 35.8 Å². The summed E-state index contributed by atoms with van der Waals surface area (Å²) >= 11 is 0. The Morgan fingerprint density at radius 1 is 0.865 bits per heavy atom. The summed E-state index contributed by atoms with van der Waals surface area (Å²) in [6, 6.07) is 22.6. The van der Waals surface area contributed by atoms with Crippen molar-refractivity contribution in [1.82, 2.24) is 4.98 Å². The van der Waals surface area contributed by atoms with Gasteiger partial charge in [0, 0.05) is 34.8 Å². The van der Waals surface area contributed by atoms with E-state index in [2.05, 4.69) is 41.7 Å². The standard InChI is InChI=1S/C40H45N4O7P/c1-8-9-19-40(2,3)25-21-32(37(50-5)35(22-25)52(6,7)48)44-39(47)43-31-16-17-33(29-13-11-10-12-28(29)31)51-27-18-20-41-36(24-27)42-26-14-15-30(38(45)46)34(23-26)49-4/h10-18,20-24H,8-9,19H2,1-7H3,(H,41,42)(H,45,46)(H2,43,44,47). The zero-order valence-corrected chi connectivity index (χ0v) is 31.4. The highest BCUT2D eigenvalue weighted by Crippen LogP contribution is 2.44. The van der Waals surface area contributed by atoms with E-state index in [-0.39, 0.29) is 16.7 Å². The number of pyridine rings is 1. The fraction of sp³-hybridized carbons (Fsp3) is 0.275. The van der Waals surface area contributed by atoms with Crippen LogP contribution < -0.4 is 35.5 Å². The van der Waals surface area contributed by atoms with Crippen molar-refractivity contribution in [2.75, 3.05) is 43.5 Å². The maximum atomic E-state index is 13.6. The molecule has 0 saturated carbocycles. The largest absolute Gasteiger partial charge is 0.496 e. The highest BCUT2D eigenvalue weighted by Gasteiger charge is 2.28. The number of hydrogen-bond acceptors (Lipinski definition) is 8. The molecule has 0 spiro atoms. The Morgan fingerprint density at radius 3 is 2.27 bits per heavy atom. The fourth-order valence-corrected chi connectivity index (χ4v) is 7.13. The molecular formula is C40H45N4O7P. The van der Waals surface area contributed by atoms with Gasteiger partial charge in [0.15, 0.2) is 5.75 Å². The number of benzene rings is 4. The van der Waals surface area contributed by atoms with Gasteiger partial charge < -0.3 is 39.8 Å². The molecule has 0 unspecified atom stereocenters. The number of fused-ring (bicyclic) bond motifs is 1. The average Bonchev–Trinajstić information content (AvgIpc) is 3.11. The summed E-state index contributed by atoms with van der Waals surface area (Å²) in [5.74, 6) is 1.05. The van der Waals surface area contributed by atoms with E-state index in [0.29, 0.717) is 45.4 Å². The van der Waals surface area contributed by atoms with Gasteiger partial charge in [-0.15, -0.1) is 0 Å². The molecule has 11 nitrogen and oxygen atoms in total. The van der Waals surface area contributed by atoms with Gasteiger partial charge in [-0.3, -0.25) is 0 Å². The molecule has 1 heterocycles. The van der Waals surface area contributed by atoms with Crippen molar-refractivity contribution in [2.45, 2.75) is 45.4 Å². The van der Waals surface area contributed by atoms with Crippen LogP contribution in [-0.4, -0.2) is 49.6 Å². The van der Waals surface area contributed by atoms with E-state index in [1.165, 1.54) is 20.3 Å². The lowest BCUT2D eigenvalue weighted by atomic mass is 9.80. The summed E-state index contributed by atoms with van der Waals surface area (Å²) in [5, 5.41) is 20.6. The van der Waals surface area contributed by atoms with Crippen molar-refractivity contribution in [1.29, 1.82) is 0 Å². The van der Waals surface area contributed by atoms with Gasteiger partial charge in [-0.1, -0.05) is 57.9 Å². The maximum absolute atomic E-state index is 13.6. The third kappa shape index (κ3) is 8.66. The van der Waals surface area contributed by atoms with Crippen LogP contribution in [0, 0.1) is 0 Å². The number of methoxy groups -OCH3 is 2. The lowest BCUT2D eigenvalue weighted by Crippen LogP contribution is -2.24. The Balaban J connectivity index is 1.39.